The molecule has 1 atom stereocenters. The van der Waals surface area contributed by atoms with Gasteiger partial charge in [-0.1, -0.05) is 84.4 Å². The minimum Gasteiger partial charge on any atom is -0.348 e. The van der Waals surface area contributed by atoms with Gasteiger partial charge in [0.15, 0.2) is 0 Å². The number of rotatable bonds is 7. The molecular formula is C23H23ClN2O. The molecule has 0 bridgehead atoms. The summed E-state index contributed by atoms with van der Waals surface area (Å²) in [5, 5.41) is 7.07. The fourth-order valence-electron chi connectivity index (χ4n) is 3.07. The van der Waals surface area contributed by atoms with Gasteiger partial charge in [0.2, 0.25) is 5.91 Å². The van der Waals surface area contributed by atoms with Crippen molar-refractivity contribution in [1.82, 2.24) is 10.6 Å². The molecule has 0 aliphatic rings. The molecule has 4 heteroatoms. The molecule has 0 spiro atoms. The first-order valence-electron chi connectivity index (χ1n) is 9.01. The van der Waals surface area contributed by atoms with E-state index in [1.54, 1.807) is 0 Å². The summed E-state index contributed by atoms with van der Waals surface area (Å²) < 4.78 is 0. The van der Waals surface area contributed by atoms with Crippen molar-refractivity contribution < 1.29 is 4.79 Å². The van der Waals surface area contributed by atoms with Crippen LogP contribution >= 0.6 is 11.6 Å². The largest absolute Gasteiger partial charge is 0.348 e. The highest BCUT2D eigenvalue weighted by molar-refractivity contribution is 6.30. The molecule has 0 aliphatic heterocycles. The Morgan fingerprint density at radius 1 is 0.852 bits per heavy atom. The molecule has 27 heavy (non-hydrogen) atoms. The Hall–Kier alpha value is -2.62. The molecule has 0 saturated heterocycles. The summed E-state index contributed by atoms with van der Waals surface area (Å²) in [6, 6.07) is 27.7. The number of nitrogens with one attached hydrogen (secondary N) is 2. The average molecular weight is 379 g/mol. The molecule has 3 aromatic rings. The van der Waals surface area contributed by atoms with E-state index in [1.165, 1.54) is 0 Å². The first-order valence-corrected chi connectivity index (χ1v) is 9.39. The number of benzene rings is 3. The molecule has 0 unspecified atom stereocenters. The van der Waals surface area contributed by atoms with E-state index in [9.17, 15) is 4.79 Å². The summed E-state index contributed by atoms with van der Waals surface area (Å²) in [6.07, 6.45) is 0. The van der Waals surface area contributed by atoms with Gasteiger partial charge in [0, 0.05) is 5.02 Å². The molecule has 3 aromatic carbocycles. The van der Waals surface area contributed by atoms with E-state index in [4.69, 9.17) is 11.6 Å². The van der Waals surface area contributed by atoms with Crippen LogP contribution in [0.5, 0.6) is 0 Å². The maximum absolute atomic E-state index is 12.5. The van der Waals surface area contributed by atoms with Crippen LogP contribution in [0.3, 0.4) is 0 Å². The van der Waals surface area contributed by atoms with Crippen LogP contribution in [0, 0.1) is 0 Å². The van der Waals surface area contributed by atoms with Gasteiger partial charge in [-0.25, -0.2) is 0 Å². The number of hydrogen-bond acceptors (Lipinski definition) is 2. The minimum atomic E-state index is -0.107. The van der Waals surface area contributed by atoms with E-state index in [2.05, 4.69) is 34.9 Å². The fraction of sp³-hybridized carbons (Fsp3) is 0.174. The second-order valence-corrected chi connectivity index (χ2v) is 6.92. The molecule has 2 N–H and O–H groups in total. The third-order valence-corrected chi connectivity index (χ3v) is 4.69. The Bertz CT molecular complexity index is 828. The van der Waals surface area contributed by atoms with Crippen LogP contribution in [-0.2, 0) is 4.79 Å². The summed E-state index contributed by atoms with van der Waals surface area (Å²) in [5.41, 5.74) is 3.23. The lowest BCUT2D eigenvalue weighted by Gasteiger charge is -2.21. The Labute approximate surface area is 165 Å². The fourth-order valence-corrected chi connectivity index (χ4v) is 3.26. The highest BCUT2D eigenvalue weighted by atomic mass is 35.5. The number of carbonyl (C=O) groups excluding carboxylic acids is 1. The van der Waals surface area contributed by atoms with Gasteiger partial charge in [0.1, 0.15) is 0 Å². The molecule has 0 fully saturated rings. The zero-order valence-electron chi connectivity index (χ0n) is 15.2. The number of halogens is 1. The molecule has 0 heterocycles. The van der Waals surface area contributed by atoms with E-state index in [0.29, 0.717) is 5.02 Å². The number of carbonyl (C=O) groups is 1. The van der Waals surface area contributed by atoms with Crippen molar-refractivity contribution in [2.45, 2.75) is 19.0 Å². The van der Waals surface area contributed by atoms with Crippen LogP contribution in [0.15, 0.2) is 84.9 Å². The van der Waals surface area contributed by atoms with Crippen molar-refractivity contribution in [3.63, 3.8) is 0 Å². The van der Waals surface area contributed by atoms with Crippen molar-refractivity contribution in [1.29, 1.82) is 0 Å². The van der Waals surface area contributed by atoms with Gasteiger partial charge < -0.3 is 5.32 Å². The van der Waals surface area contributed by atoms with Crippen LogP contribution in [-0.4, -0.2) is 12.5 Å². The Morgan fingerprint density at radius 2 is 1.41 bits per heavy atom. The van der Waals surface area contributed by atoms with Gasteiger partial charge >= 0.3 is 0 Å². The van der Waals surface area contributed by atoms with E-state index in [-0.39, 0.29) is 24.5 Å². The lowest BCUT2D eigenvalue weighted by atomic mass is 9.99. The average Bonchev–Trinajstić information content (AvgIpc) is 2.70. The smallest absolute Gasteiger partial charge is 0.234 e. The quantitative estimate of drug-likeness (QED) is 0.614. The van der Waals surface area contributed by atoms with Crippen LogP contribution in [0.4, 0.5) is 0 Å². The third-order valence-electron chi connectivity index (χ3n) is 4.46. The second kappa shape index (κ2) is 9.36. The molecule has 0 saturated carbocycles. The Balaban J connectivity index is 1.66. The van der Waals surface area contributed by atoms with Crippen molar-refractivity contribution in [3.8, 4) is 0 Å². The van der Waals surface area contributed by atoms with Crippen LogP contribution in [0.25, 0.3) is 0 Å². The monoisotopic (exact) mass is 378 g/mol. The van der Waals surface area contributed by atoms with E-state index in [1.807, 2.05) is 67.6 Å². The first-order chi connectivity index (χ1) is 13.1. The molecule has 3 rings (SSSR count). The van der Waals surface area contributed by atoms with Crippen molar-refractivity contribution in [3.05, 3.63) is 107 Å². The zero-order chi connectivity index (χ0) is 19.1. The third kappa shape index (κ3) is 5.43. The summed E-state index contributed by atoms with van der Waals surface area (Å²) in [5.74, 6) is -0.0562. The highest BCUT2D eigenvalue weighted by Crippen LogP contribution is 2.21. The van der Waals surface area contributed by atoms with Crippen molar-refractivity contribution >= 4 is 17.5 Å². The number of hydrogen-bond donors (Lipinski definition) is 2. The summed E-state index contributed by atoms with van der Waals surface area (Å²) >= 11 is 6.04. The van der Waals surface area contributed by atoms with Gasteiger partial charge in [-0.15, -0.1) is 0 Å². The van der Waals surface area contributed by atoms with E-state index < -0.39 is 0 Å². The normalized spacial score (nSPS) is 12.0. The first kappa shape index (κ1) is 19.2. The maximum atomic E-state index is 12.5. The topological polar surface area (TPSA) is 41.1 Å². The molecule has 1 amide bonds. The van der Waals surface area contributed by atoms with Gasteiger partial charge in [0.25, 0.3) is 0 Å². The summed E-state index contributed by atoms with van der Waals surface area (Å²) in [6.45, 7) is 2.18. The van der Waals surface area contributed by atoms with Crippen LogP contribution in [0.2, 0.25) is 5.02 Å². The molecule has 0 aliphatic carbocycles. The number of amides is 1. The SMILES string of the molecule is C[C@H](NC(=O)CNC(c1ccccc1)c1ccccc1)c1cccc(Cl)c1. The van der Waals surface area contributed by atoms with Crippen LogP contribution < -0.4 is 10.6 Å². The highest BCUT2D eigenvalue weighted by Gasteiger charge is 2.16. The standard InChI is InChI=1S/C23H23ClN2O/c1-17(20-13-8-14-21(24)15-20)26-22(27)16-25-23(18-9-4-2-5-10-18)19-11-6-3-7-12-19/h2-15,17,23,25H,16H2,1H3,(H,26,27)/t17-/m0/s1. The molecule has 138 valence electrons. The Morgan fingerprint density at radius 3 is 1.96 bits per heavy atom. The Kier molecular flexibility index (Phi) is 6.64. The van der Waals surface area contributed by atoms with Crippen molar-refractivity contribution in [2.24, 2.45) is 0 Å². The zero-order valence-corrected chi connectivity index (χ0v) is 16.0. The minimum absolute atomic E-state index is 0.0420. The van der Waals surface area contributed by atoms with E-state index >= 15 is 0 Å². The predicted molar refractivity (Wildman–Crippen MR) is 111 cm³/mol. The summed E-state index contributed by atoms with van der Waals surface area (Å²) in [4.78, 5) is 12.5. The van der Waals surface area contributed by atoms with Gasteiger partial charge in [-0.2, -0.15) is 0 Å². The van der Waals surface area contributed by atoms with Crippen LogP contribution in [0.1, 0.15) is 35.7 Å². The molecule has 0 radical (unpaired) electrons. The lowest BCUT2D eigenvalue weighted by Crippen LogP contribution is -2.37. The lowest BCUT2D eigenvalue weighted by molar-refractivity contribution is -0.121. The van der Waals surface area contributed by atoms with Gasteiger partial charge in [-0.05, 0) is 35.7 Å². The van der Waals surface area contributed by atoms with Gasteiger partial charge in [0.05, 0.1) is 18.6 Å². The predicted octanol–water partition coefficient (Wildman–Crippen LogP) is 4.90. The van der Waals surface area contributed by atoms with E-state index in [0.717, 1.165) is 16.7 Å². The van der Waals surface area contributed by atoms with Crippen molar-refractivity contribution in [2.75, 3.05) is 6.54 Å². The second-order valence-electron chi connectivity index (χ2n) is 6.48. The molecule has 0 aromatic heterocycles. The maximum Gasteiger partial charge on any atom is 0.234 e. The molecular weight excluding hydrogens is 356 g/mol. The summed E-state index contributed by atoms with van der Waals surface area (Å²) in [7, 11) is 0. The van der Waals surface area contributed by atoms with Gasteiger partial charge in [-0.3, -0.25) is 10.1 Å². The molecule has 3 nitrogen and oxygen atoms in total.